The third-order valence-corrected chi connectivity index (χ3v) is 4.90. The van der Waals surface area contributed by atoms with Gasteiger partial charge in [-0.3, -0.25) is 0 Å². The van der Waals surface area contributed by atoms with Gasteiger partial charge in [0.15, 0.2) is 5.69 Å². The van der Waals surface area contributed by atoms with Gasteiger partial charge < -0.3 is 4.74 Å². The first-order valence-corrected chi connectivity index (χ1v) is 8.71. The minimum atomic E-state index is 0.486. The van der Waals surface area contributed by atoms with Crippen LogP contribution in [0.4, 0.5) is 5.69 Å². The van der Waals surface area contributed by atoms with Gasteiger partial charge in [0.25, 0.3) is 0 Å². The van der Waals surface area contributed by atoms with E-state index in [-0.39, 0.29) is 0 Å². The summed E-state index contributed by atoms with van der Waals surface area (Å²) in [6.45, 7) is 11.4. The zero-order valence-corrected chi connectivity index (χ0v) is 14.9. The smallest absolute Gasteiger partial charge is 0.240 e. The molecule has 4 rings (SSSR count). The van der Waals surface area contributed by atoms with E-state index in [1.54, 1.807) is 6.07 Å². The largest absolute Gasteiger partial charge is 0.439 e. The topological polar surface area (TPSA) is 65.2 Å². The van der Waals surface area contributed by atoms with Crippen LogP contribution in [0.3, 0.4) is 0 Å². The average molecular weight is 359 g/mol. The monoisotopic (exact) mass is 359 g/mol. The van der Waals surface area contributed by atoms with Crippen LogP contribution in [0, 0.1) is 20.4 Å². The van der Waals surface area contributed by atoms with Gasteiger partial charge in [-0.05, 0) is 43.0 Å². The minimum absolute atomic E-state index is 0.486. The normalized spacial score (nSPS) is 10.7. The molecule has 0 aliphatic carbocycles. The first-order valence-electron chi connectivity index (χ1n) is 7.83. The van der Waals surface area contributed by atoms with E-state index >= 15 is 0 Å². The Balaban J connectivity index is 1.77. The SMILES string of the molecule is [C-]#[N+]c1cc(Oc2ncnc3ccsc23)ccc1-c1c(C)ncnc1C. The predicted octanol–water partition coefficient (Wildman–Crippen LogP) is 5.11. The first kappa shape index (κ1) is 16.1. The number of hydrogen-bond donors (Lipinski definition) is 0. The number of nitrogens with zero attached hydrogens (tertiary/aromatic N) is 5. The van der Waals surface area contributed by atoms with Crippen molar-refractivity contribution in [2.45, 2.75) is 13.8 Å². The summed E-state index contributed by atoms with van der Waals surface area (Å²) in [6, 6.07) is 7.34. The van der Waals surface area contributed by atoms with Crippen molar-refractivity contribution in [1.29, 1.82) is 0 Å². The van der Waals surface area contributed by atoms with E-state index < -0.39 is 0 Å². The van der Waals surface area contributed by atoms with E-state index in [0.29, 0.717) is 17.3 Å². The summed E-state index contributed by atoms with van der Waals surface area (Å²) in [6.07, 6.45) is 3.01. The number of rotatable bonds is 3. The molecule has 0 atom stereocenters. The number of aromatic nitrogens is 4. The summed E-state index contributed by atoms with van der Waals surface area (Å²) < 4.78 is 6.81. The molecule has 26 heavy (non-hydrogen) atoms. The average Bonchev–Trinajstić information content (AvgIpc) is 3.12. The maximum Gasteiger partial charge on any atom is 0.240 e. The fourth-order valence-corrected chi connectivity index (χ4v) is 3.58. The lowest BCUT2D eigenvalue weighted by molar-refractivity contribution is 0.469. The second-order valence-corrected chi connectivity index (χ2v) is 6.54. The maximum absolute atomic E-state index is 7.56. The van der Waals surface area contributed by atoms with Crippen LogP contribution in [0.2, 0.25) is 0 Å². The minimum Gasteiger partial charge on any atom is -0.439 e. The van der Waals surface area contributed by atoms with Crippen LogP contribution in [0.1, 0.15) is 11.4 Å². The molecule has 3 aromatic heterocycles. The van der Waals surface area contributed by atoms with Gasteiger partial charge in [0, 0.05) is 17.0 Å². The molecule has 3 heterocycles. The molecule has 0 spiro atoms. The highest BCUT2D eigenvalue weighted by molar-refractivity contribution is 7.17. The Morgan fingerprint density at radius 3 is 2.54 bits per heavy atom. The van der Waals surface area contributed by atoms with Gasteiger partial charge in [-0.25, -0.2) is 24.8 Å². The van der Waals surface area contributed by atoms with Crippen molar-refractivity contribution in [1.82, 2.24) is 19.9 Å². The van der Waals surface area contributed by atoms with Crippen LogP contribution >= 0.6 is 11.3 Å². The molecule has 0 N–H and O–H groups in total. The van der Waals surface area contributed by atoms with Crippen LogP contribution in [-0.4, -0.2) is 19.9 Å². The van der Waals surface area contributed by atoms with Gasteiger partial charge in [-0.1, -0.05) is 6.07 Å². The van der Waals surface area contributed by atoms with E-state index in [9.17, 15) is 0 Å². The summed E-state index contributed by atoms with van der Waals surface area (Å²) in [7, 11) is 0. The van der Waals surface area contributed by atoms with Gasteiger partial charge in [0.2, 0.25) is 5.88 Å². The van der Waals surface area contributed by atoms with Crippen molar-refractivity contribution in [3.05, 3.63) is 65.1 Å². The Morgan fingerprint density at radius 1 is 1.00 bits per heavy atom. The fourth-order valence-electron chi connectivity index (χ4n) is 2.81. The predicted molar refractivity (Wildman–Crippen MR) is 101 cm³/mol. The lowest BCUT2D eigenvalue weighted by Crippen LogP contribution is -1.95. The van der Waals surface area contributed by atoms with Crippen LogP contribution in [0.25, 0.3) is 26.2 Å². The van der Waals surface area contributed by atoms with Crippen LogP contribution in [-0.2, 0) is 0 Å². The molecule has 0 saturated heterocycles. The van der Waals surface area contributed by atoms with Crippen molar-refractivity contribution in [2.24, 2.45) is 0 Å². The Morgan fingerprint density at radius 2 is 1.77 bits per heavy atom. The molecule has 1 aromatic carbocycles. The highest BCUT2D eigenvalue weighted by atomic mass is 32.1. The molecule has 4 aromatic rings. The Bertz CT molecular complexity index is 1140. The Hall–Kier alpha value is -3.37. The molecule has 0 aliphatic rings. The molecule has 0 radical (unpaired) electrons. The quantitative estimate of drug-likeness (QED) is 0.476. The summed E-state index contributed by atoms with van der Waals surface area (Å²) in [5.41, 5.74) is 4.69. The molecular weight excluding hydrogens is 346 g/mol. The molecular formula is C19H13N5OS. The number of thiophene rings is 1. The molecule has 0 unspecified atom stereocenters. The molecule has 6 nitrogen and oxygen atoms in total. The number of ether oxygens (including phenoxy) is 1. The van der Waals surface area contributed by atoms with Gasteiger partial charge in [-0.2, -0.15) is 0 Å². The van der Waals surface area contributed by atoms with Crippen molar-refractivity contribution < 1.29 is 4.74 Å². The van der Waals surface area contributed by atoms with E-state index in [1.165, 1.54) is 24.0 Å². The molecule has 126 valence electrons. The highest BCUT2D eigenvalue weighted by Gasteiger charge is 2.14. The summed E-state index contributed by atoms with van der Waals surface area (Å²) in [5.74, 6) is 1.05. The van der Waals surface area contributed by atoms with Gasteiger partial charge in [0.1, 0.15) is 23.1 Å². The molecule has 0 fully saturated rings. The number of fused-ring (bicyclic) bond motifs is 1. The Labute approximate surface area is 154 Å². The third kappa shape index (κ3) is 2.76. The summed E-state index contributed by atoms with van der Waals surface area (Å²) in [5, 5.41) is 1.95. The summed E-state index contributed by atoms with van der Waals surface area (Å²) in [4.78, 5) is 20.6. The lowest BCUT2D eigenvalue weighted by atomic mass is 10.0. The van der Waals surface area contributed by atoms with E-state index in [2.05, 4.69) is 24.8 Å². The second-order valence-electron chi connectivity index (χ2n) is 5.63. The van der Waals surface area contributed by atoms with Crippen molar-refractivity contribution >= 4 is 27.2 Å². The standard InChI is InChI=1S/C19H13N5OS/c1-11-17(12(2)22-9-21-11)14-5-4-13(8-16(14)20-3)25-19-18-15(6-7-26-18)23-10-24-19/h4-10H,1-2H3. The highest BCUT2D eigenvalue weighted by Crippen LogP contribution is 2.38. The zero-order valence-electron chi connectivity index (χ0n) is 14.1. The number of benzene rings is 1. The van der Waals surface area contributed by atoms with Gasteiger partial charge in [-0.15, -0.1) is 11.3 Å². The molecule has 0 saturated carbocycles. The van der Waals surface area contributed by atoms with Crippen molar-refractivity contribution in [3.8, 4) is 22.8 Å². The maximum atomic E-state index is 7.56. The van der Waals surface area contributed by atoms with E-state index in [0.717, 1.165) is 32.7 Å². The summed E-state index contributed by atoms with van der Waals surface area (Å²) >= 11 is 1.52. The van der Waals surface area contributed by atoms with E-state index in [4.69, 9.17) is 11.3 Å². The lowest BCUT2D eigenvalue weighted by Gasteiger charge is -2.12. The van der Waals surface area contributed by atoms with Crippen LogP contribution < -0.4 is 4.74 Å². The number of aryl methyl sites for hydroxylation is 2. The molecule has 0 bridgehead atoms. The van der Waals surface area contributed by atoms with Gasteiger partial charge >= 0.3 is 0 Å². The van der Waals surface area contributed by atoms with Crippen molar-refractivity contribution in [2.75, 3.05) is 0 Å². The van der Waals surface area contributed by atoms with E-state index in [1.807, 2.05) is 37.4 Å². The van der Waals surface area contributed by atoms with Gasteiger partial charge in [0.05, 0.1) is 12.1 Å². The zero-order chi connectivity index (χ0) is 18.1. The third-order valence-electron chi connectivity index (χ3n) is 4.01. The molecule has 7 heteroatoms. The molecule has 0 aliphatic heterocycles. The molecule has 0 amide bonds. The Kier molecular flexibility index (Phi) is 4.03. The van der Waals surface area contributed by atoms with Crippen LogP contribution in [0.5, 0.6) is 11.6 Å². The fraction of sp³-hybridized carbons (Fsp3) is 0.105. The second kappa shape index (κ2) is 6.50. The first-order chi connectivity index (χ1) is 12.7. The van der Waals surface area contributed by atoms with Crippen molar-refractivity contribution in [3.63, 3.8) is 0 Å². The van der Waals surface area contributed by atoms with Crippen LogP contribution in [0.15, 0.2) is 42.3 Å². The number of hydrogen-bond acceptors (Lipinski definition) is 6.